The van der Waals surface area contributed by atoms with Crippen molar-refractivity contribution in [2.24, 2.45) is 0 Å². The summed E-state index contributed by atoms with van der Waals surface area (Å²) < 4.78 is 16.7. The standard InChI is InChI=1S/C20H20O5/c1-13(21)14-7-9-16(10-8-14)24-18(22)12-23-17-6-4-5-15-11-20(2,3)25-19(15)17/h4-10H,11-12H2,1-3H3. The number of benzene rings is 2. The van der Waals surface area contributed by atoms with Crippen molar-refractivity contribution in [1.29, 1.82) is 0 Å². The third-order valence-corrected chi connectivity index (χ3v) is 3.89. The number of ether oxygens (including phenoxy) is 3. The average Bonchev–Trinajstić information content (AvgIpc) is 2.87. The van der Waals surface area contributed by atoms with Gasteiger partial charge in [0.15, 0.2) is 23.9 Å². The molecule has 0 saturated carbocycles. The third-order valence-electron chi connectivity index (χ3n) is 3.89. The lowest BCUT2D eigenvalue weighted by Gasteiger charge is -2.18. The monoisotopic (exact) mass is 340 g/mol. The maximum Gasteiger partial charge on any atom is 0.349 e. The van der Waals surface area contributed by atoms with E-state index in [0.29, 0.717) is 22.8 Å². The molecule has 25 heavy (non-hydrogen) atoms. The number of para-hydroxylation sites is 1. The second kappa shape index (κ2) is 6.59. The van der Waals surface area contributed by atoms with Crippen molar-refractivity contribution in [3.05, 3.63) is 53.6 Å². The van der Waals surface area contributed by atoms with Crippen molar-refractivity contribution < 1.29 is 23.8 Å². The van der Waals surface area contributed by atoms with Crippen LogP contribution in [0.3, 0.4) is 0 Å². The van der Waals surface area contributed by atoms with E-state index in [9.17, 15) is 9.59 Å². The van der Waals surface area contributed by atoms with Gasteiger partial charge in [-0.3, -0.25) is 4.79 Å². The van der Waals surface area contributed by atoms with Crippen molar-refractivity contribution in [2.45, 2.75) is 32.8 Å². The fourth-order valence-electron chi connectivity index (χ4n) is 2.76. The topological polar surface area (TPSA) is 61.8 Å². The van der Waals surface area contributed by atoms with Crippen LogP contribution in [-0.2, 0) is 11.2 Å². The second-order valence-electron chi connectivity index (χ2n) is 6.63. The Labute approximate surface area is 146 Å². The molecule has 0 atom stereocenters. The molecule has 0 fully saturated rings. The van der Waals surface area contributed by atoms with Gasteiger partial charge in [0.05, 0.1) is 0 Å². The van der Waals surface area contributed by atoms with Gasteiger partial charge in [-0.25, -0.2) is 4.79 Å². The van der Waals surface area contributed by atoms with Gasteiger partial charge < -0.3 is 14.2 Å². The first kappa shape index (κ1) is 17.0. The van der Waals surface area contributed by atoms with Crippen LogP contribution >= 0.6 is 0 Å². The fraction of sp³-hybridized carbons (Fsp3) is 0.300. The molecule has 0 N–H and O–H groups in total. The number of esters is 1. The Bertz CT molecular complexity index is 805. The van der Waals surface area contributed by atoms with Crippen LogP contribution in [0.1, 0.15) is 36.7 Å². The summed E-state index contributed by atoms with van der Waals surface area (Å²) in [5.41, 5.74) is 1.35. The van der Waals surface area contributed by atoms with Crippen LogP contribution in [0.25, 0.3) is 0 Å². The van der Waals surface area contributed by atoms with Crippen molar-refractivity contribution in [3.63, 3.8) is 0 Å². The number of rotatable bonds is 5. The minimum absolute atomic E-state index is 0.0398. The van der Waals surface area contributed by atoms with Gasteiger partial charge >= 0.3 is 5.97 Å². The molecule has 0 unspecified atom stereocenters. The Balaban J connectivity index is 1.60. The molecule has 1 aliphatic heterocycles. The second-order valence-corrected chi connectivity index (χ2v) is 6.63. The quantitative estimate of drug-likeness (QED) is 0.473. The normalized spacial score (nSPS) is 14.4. The van der Waals surface area contributed by atoms with E-state index in [-0.39, 0.29) is 18.0 Å². The molecule has 0 spiro atoms. The van der Waals surface area contributed by atoms with E-state index in [1.54, 1.807) is 30.3 Å². The lowest BCUT2D eigenvalue weighted by molar-refractivity contribution is -0.136. The van der Waals surface area contributed by atoms with Crippen molar-refractivity contribution >= 4 is 11.8 Å². The van der Waals surface area contributed by atoms with Gasteiger partial charge in [-0.1, -0.05) is 12.1 Å². The minimum atomic E-state index is -0.523. The number of ketones is 1. The average molecular weight is 340 g/mol. The smallest absolute Gasteiger partial charge is 0.349 e. The summed E-state index contributed by atoms with van der Waals surface area (Å²) in [6.45, 7) is 5.27. The molecule has 5 nitrogen and oxygen atoms in total. The molecule has 5 heteroatoms. The highest BCUT2D eigenvalue weighted by Gasteiger charge is 2.32. The Kier molecular flexibility index (Phi) is 4.49. The van der Waals surface area contributed by atoms with Crippen LogP contribution in [0.5, 0.6) is 17.2 Å². The first-order valence-corrected chi connectivity index (χ1v) is 8.09. The summed E-state index contributed by atoms with van der Waals surface area (Å²) in [6.07, 6.45) is 0.798. The first-order valence-electron chi connectivity index (χ1n) is 8.09. The highest BCUT2D eigenvalue weighted by molar-refractivity contribution is 5.94. The number of Topliss-reactive ketones (excluding diaryl/α,β-unsaturated/α-hetero) is 1. The molecular formula is C20H20O5. The van der Waals surface area contributed by atoms with Crippen LogP contribution in [0.2, 0.25) is 0 Å². The lowest BCUT2D eigenvalue weighted by atomic mass is 10.0. The molecule has 1 heterocycles. The van der Waals surface area contributed by atoms with Gasteiger partial charge in [-0.05, 0) is 51.1 Å². The minimum Gasteiger partial charge on any atom is -0.483 e. The van der Waals surface area contributed by atoms with Crippen LogP contribution in [0.4, 0.5) is 0 Å². The molecule has 0 aliphatic carbocycles. The number of carbonyl (C=O) groups excluding carboxylic acids is 2. The van der Waals surface area contributed by atoms with Crippen LogP contribution < -0.4 is 14.2 Å². The highest BCUT2D eigenvalue weighted by atomic mass is 16.6. The maximum absolute atomic E-state index is 12.0. The van der Waals surface area contributed by atoms with Crippen molar-refractivity contribution in [3.8, 4) is 17.2 Å². The number of hydrogen-bond acceptors (Lipinski definition) is 5. The van der Waals surface area contributed by atoms with Gasteiger partial charge in [0.1, 0.15) is 11.4 Å². The van der Waals surface area contributed by atoms with E-state index < -0.39 is 5.97 Å². The summed E-state index contributed by atoms with van der Waals surface area (Å²) in [5.74, 6) is 1.03. The van der Waals surface area contributed by atoms with Gasteiger partial charge in [0, 0.05) is 17.5 Å². The molecule has 2 aromatic rings. The SMILES string of the molecule is CC(=O)c1ccc(OC(=O)COc2cccc3c2OC(C)(C)C3)cc1. The van der Waals surface area contributed by atoms with E-state index in [2.05, 4.69) is 0 Å². The molecule has 0 aromatic heterocycles. The van der Waals surface area contributed by atoms with Gasteiger partial charge in [0.2, 0.25) is 0 Å². The lowest BCUT2D eigenvalue weighted by Crippen LogP contribution is -2.25. The molecule has 0 bridgehead atoms. The summed E-state index contributed by atoms with van der Waals surface area (Å²) in [4.78, 5) is 23.2. The molecule has 0 radical (unpaired) electrons. The zero-order chi connectivity index (χ0) is 18.0. The van der Waals surface area contributed by atoms with Crippen LogP contribution in [0, 0.1) is 0 Å². The molecular weight excluding hydrogens is 320 g/mol. The van der Waals surface area contributed by atoms with Crippen LogP contribution in [0.15, 0.2) is 42.5 Å². The highest BCUT2D eigenvalue weighted by Crippen LogP contribution is 2.41. The van der Waals surface area contributed by atoms with E-state index in [1.807, 2.05) is 26.0 Å². The van der Waals surface area contributed by atoms with Crippen molar-refractivity contribution in [2.75, 3.05) is 6.61 Å². The fourth-order valence-corrected chi connectivity index (χ4v) is 2.76. The maximum atomic E-state index is 12.0. The van der Waals surface area contributed by atoms with Gasteiger partial charge in [-0.15, -0.1) is 0 Å². The predicted molar refractivity (Wildman–Crippen MR) is 92.4 cm³/mol. The van der Waals surface area contributed by atoms with E-state index in [0.717, 1.165) is 12.0 Å². The van der Waals surface area contributed by atoms with Crippen molar-refractivity contribution in [1.82, 2.24) is 0 Å². The molecule has 0 amide bonds. The Morgan fingerprint density at radius 2 is 1.84 bits per heavy atom. The summed E-state index contributed by atoms with van der Waals surface area (Å²) in [7, 11) is 0. The number of fused-ring (bicyclic) bond motifs is 1. The zero-order valence-corrected chi connectivity index (χ0v) is 14.5. The van der Waals surface area contributed by atoms with E-state index in [4.69, 9.17) is 14.2 Å². The largest absolute Gasteiger partial charge is 0.483 e. The Morgan fingerprint density at radius 3 is 2.52 bits per heavy atom. The first-order chi connectivity index (χ1) is 11.8. The number of hydrogen-bond donors (Lipinski definition) is 0. The Morgan fingerprint density at radius 1 is 1.12 bits per heavy atom. The van der Waals surface area contributed by atoms with Crippen LogP contribution in [-0.4, -0.2) is 24.0 Å². The van der Waals surface area contributed by atoms with Gasteiger partial charge in [-0.2, -0.15) is 0 Å². The molecule has 3 rings (SSSR count). The predicted octanol–water partition coefficient (Wildman–Crippen LogP) is 3.59. The number of carbonyl (C=O) groups is 2. The van der Waals surface area contributed by atoms with Gasteiger partial charge in [0.25, 0.3) is 0 Å². The van der Waals surface area contributed by atoms with E-state index >= 15 is 0 Å². The third kappa shape index (κ3) is 3.99. The van der Waals surface area contributed by atoms with E-state index in [1.165, 1.54) is 6.92 Å². The molecule has 1 aliphatic rings. The summed E-state index contributed by atoms with van der Waals surface area (Å²) in [5, 5.41) is 0. The Hall–Kier alpha value is -2.82. The molecule has 130 valence electrons. The summed E-state index contributed by atoms with van der Waals surface area (Å²) >= 11 is 0. The zero-order valence-electron chi connectivity index (χ0n) is 14.5. The molecule has 2 aromatic carbocycles. The summed E-state index contributed by atoms with van der Waals surface area (Å²) in [6, 6.07) is 12.0. The molecule has 0 saturated heterocycles.